The standard InChI is InChI=1S/C41H55N7O9.Gd/c49-37(27-45-17-19-46(28-38(50)51)21-23-48(30-40(54)55)24-22-47(20-18-45)29-39(52)53)43-26-34-13-11-33(12-14-34)25-42-36(16-15-32-7-3-1-4-8-32)41(56)44-57-31-35-9-5-2-6-10-35;/h1-14,36,42H,15-31H2,(H,43,49)(H,44,56)(H,50,51)(H,52,53)(H,54,55);/t36-;/m1./s1. The molecule has 4 rings (SSSR count). The van der Waals surface area contributed by atoms with Crippen molar-refractivity contribution in [2.75, 3.05) is 78.5 Å². The Bertz CT molecular complexity index is 1670. The van der Waals surface area contributed by atoms with E-state index in [1.54, 1.807) is 14.7 Å². The average molecular weight is 947 g/mol. The fraction of sp³-hybridized carbons (Fsp3) is 0.439. The van der Waals surface area contributed by atoms with Gasteiger partial charge in [0.15, 0.2) is 0 Å². The summed E-state index contributed by atoms with van der Waals surface area (Å²) in [6.07, 6.45) is 1.27. The van der Waals surface area contributed by atoms with Crippen LogP contribution in [0.15, 0.2) is 84.9 Å². The van der Waals surface area contributed by atoms with Crippen LogP contribution in [0.5, 0.6) is 0 Å². The number of benzene rings is 3. The molecular weight excluding hydrogens is 892 g/mol. The summed E-state index contributed by atoms with van der Waals surface area (Å²) < 4.78 is 0. The van der Waals surface area contributed by atoms with Gasteiger partial charge in [-0.05, 0) is 35.1 Å². The number of carbonyl (C=O) groups excluding carboxylic acids is 2. The molecular formula is C41H55GdN7O9. The Morgan fingerprint density at radius 3 is 1.41 bits per heavy atom. The molecule has 3 aromatic carbocycles. The number of aryl methyl sites for hydroxylation is 1. The summed E-state index contributed by atoms with van der Waals surface area (Å²) in [6, 6.07) is 26.7. The zero-order chi connectivity index (χ0) is 40.8. The smallest absolute Gasteiger partial charge is 0.317 e. The molecule has 1 atom stereocenters. The van der Waals surface area contributed by atoms with Gasteiger partial charge in [-0.3, -0.25) is 48.4 Å². The Balaban J connectivity index is 0.00000900. The number of hydrogen-bond acceptors (Lipinski definition) is 11. The predicted octanol–water partition coefficient (Wildman–Crippen LogP) is 1.12. The molecule has 1 saturated heterocycles. The maximum Gasteiger partial charge on any atom is 0.317 e. The van der Waals surface area contributed by atoms with E-state index in [4.69, 9.17) is 4.84 Å². The van der Waals surface area contributed by atoms with E-state index in [0.29, 0.717) is 71.7 Å². The van der Waals surface area contributed by atoms with E-state index >= 15 is 0 Å². The van der Waals surface area contributed by atoms with Crippen molar-refractivity contribution in [3.8, 4) is 0 Å². The van der Waals surface area contributed by atoms with Crippen LogP contribution in [0.4, 0.5) is 0 Å². The van der Waals surface area contributed by atoms with Crippen molar-refractivity contribution in [3.05, 3.63) is 107 Å². The molecule has 0 unspecified atom stereocenters. The third-order valence-electron chi connectivity index (χ3n) is 9.57. The first-order valence-electron chi connectivity index (χ1n) is 19.1. The number of amides is 2. The maximum absolute atomic E-state index is 13.2. The molecule has 2 amide bonds. The van der Waals surface area contributed by atoms with E-state index in [1.807, 2.05) is 89.8 Å². The van der Waals surface area contributed by atoms with Gasteiger partial charge in [0.1, 0.15) is 0 Å². The van der Waals surface area contributed by atoms with Crippen molar-refractivity contribution >= 4 is 29.7 Å². The van der Waals surface area contributed by atoms with Crippen LogP contribution in [0, 0.1) is 39.9 Å². The quantitative estimate of drug-likeness (QED) is 0.0880. The van der Waals surface area contributed by atoms with Crippen molar-refractivity contribution in [1.82, 2.24) is 35.7 Å². The van der Waals surface area contributed by atoms with Crippen molar-refractivity contribution < 1.29 is 84.1 Å². The van der Waals surface area contributed by atoms with Gasteiger partial charge in [0, 0.05) is 105 Å². The molecule has 1 aliphatic rings. The van der Waals surface area contributed by atoms with Crippen molar-refractivity contribution in [2.24, 2.45) is 0 Å². The summed E-state index contributed by atoms with van der Waals surface area (Å²) in [4.78, 5) is 73.4. The first-order chi connectivity index (χ1) is 27.5. The molecule has 17 heteroatoms. The summed E-state index contributed by atoms with van der Waals surface area (Å²) in [5, 5.41) is 34.6. The van der Waals surface area contributed by atoms with Crippen molar-refractivity contribution in [3.63, 3.8) is 0 Å². The number of hydroxylamine groups is 1. The van der Waals surface area contributed by atoms with Gasteiger partial charge in [0.25, 0.3) is 5.91 Å². The zero-order valence-electron chi connectivity index (χ0n) is 32.6. The largest absolute Gasteiger partial charge is 0.480 e. The fourth-order valence-electron chi connectivity index (χ4n) is 6.38. The third kappa shape index (κ3) is 19.7. The first-order valence-corrected chi connectivity index (χ1v) is 19.1. The average Bonchev–Trinajstić information content (AvgIpc) is 3.18. The summed E-state index contributed by atoms with van der Waals surface area (Å²) in [7, 11) is 0. The summed E-state index contributed by atoms with van der Waals surface area (Å²) in [5.41, 5.74) is 6.50. The Morgan fingerprint density at radius 2 is 0.966 bits per heavy atom. The minimum Gasteiger partial charge on any atom is -0.480 e. The van der Waals surface area contributed by atoms with Crippen LogP contribution in [0.1, 0.15) is 28.7 Å². The molecule has 1 fully saturated rings. The number of carbonyl (C=O) groups is 5. The van der Waals surface area contributed by atoms with Gasteiger partial charge in [-0.15, -0.1) is 0 Å². The molecule has 1 aliphatic heterocycles. The number of rotatable bonds is 20. The van der Waals surface area contributed by atoms with E-state index in [2.05, 4.69) is 16.1 Å². The van der Waals surface area contributed by atoms with Crippen LogP contribution in [-0.2, 0) is 54.9 Å². The molecule has 0 spiro atoms. The Labute approximate surface area is 371 Å². The molecule has 6 N–H and O–H groups in total. The Hall–Kier alpha value is -3.91. The molecule has 0 radical (unpaired) electrons. The van der Waals surface area contributed by atoms with Crippen LogP contribution < -0.4 is 16.1 Å². The van der Waals surface area contributed by atoms with Crippen LogP contribution in [0.2, 0.25) is 0 Å². The van der Waals surface area contributed by atoms with Gasteiger partial charge in [-0.2, -0.15) is 0 Å². The topological polar surface area (TPSA) is 204 Å². The molecule has 0 aliphatic carbocycles. The number of nitrogens with one attached hydrogen (secondary N) is 3. The molecule has 0 bridgehead atoms. The van der Waals surface area contributed by atoms with Crippen LogP contribution in [0.3, 0.4) is 0 Å². The van der Waals surface area contributed by atoms with E-state index in [1.165, 1.54) is 0 Å². The second-order valence-electron chi connectivity index (χ2n) is 14.1. The molecule has 0 aromatic heterocycles. The van der Waals surface area contributed by atoms with Gasteiger partial charge in [0.05, 0.1) is 38.8 Å². The van der Waals surface area contributed by atoms with Crippen molar-refractivity contribution in [1.29, 1.82) is 0 Å². The minimum atomic E-state index is -1.02. The molecule has 1 heterocycles. The van der Waals surface area contributed by atoms with Crippen LogP contribution in [-0.4, -0.2) is 149 Å². The van der Waals surface area contributed by atoms with Gasteiger partial charge >= 0.3 is 17.9 Å². The normalized spacial score (nSPS) is 15.5. The fourth-order valence-corrected chi connectivity index (χ4v) is 6.38. The van der Waals surface area contributed by atoms with E-state index < -0.39 is 23.9 Å². The second kappa shape index (κ2) is 27.0. The van der Waals surface area contributed by atoms with E-state index in [-0.39, 0.29) is 91.1 Å². The first kappa shape index (κ1) is 48.5. The molecule has 16 nitrogen and oxygen atoms in total. The number of hydrogen-bond donors (Lipinski definition) is 6. The Morgan fingerprint density at radius 1 is 0.552 bits per heavy atom. The SMILES string of the molecule is O=C(O)CN1CCN(CC(=O)O)CCN(CC(=O)NCc2ccc(CN[C@H](CCc3ccccc3)C(=O)NOCc3ccccc3)cc2)CCN(CC(=O)O)CC1.[Gd]. The van der Waals surface area contributed by atoms with Crippen molar-refractivity contribution in [2.45, 2.75) is 38.6 Å². The van der Waals surface area contributed by atoms with E-state index in [0.717, 1.165) is 22.3 Å². The minimum absolute atomic E-state index is 0. The van der Waals surface area contributed by atoms with Crippen LogP contribution in [0.25, 0.3) is 0 Å². The zero-order valence-corrected chi connectivity index (χ0v) is 34.9. The Kier molecular flexibility index (Phi) is 22.5. The molecule has 0 saturated carbocycles. The van der Waals surface area contributed by atoms with Gasteiger partial charge in [-0.25, -0.2) is 5.48 Å². The monoisotopic (exact) mass is 947 g/mol. The molecule has 3 aromatic rings. The number of nitrogens with zero attached hydrogens (tertiary/aromatic N) is 4. The summed E-state index contributed by atoms with van der Waals surface area (Å²) >= 11 is 0. The molecule has 316 valence electrons. The number of aliphatic carboxylic acids is 3. The number of carboxylic acids is 3. The van der Waals surface area contributed by atoms with Crippen LogP contribution >= 0.6 is 0 Å². The third-order valence-corrected chi connectivity index (χ3v) is 9.57. The number of carboxylic acid groups (broad SMARTS) is 3. The summed E-state index contributed by atoms with van der Waals surface area (Å²) in [5.74, 6) is -3.54. The van der Waals surface area contributed by atoms with Gasteiger partial charge < -0.3 is 26.0 Å². The van der Waals surface area contributed by atoms with Gasteiger partial charge in [0.2, 0.25) is 5.91 Å². The summed E-state index contributed by atoms with van der Waals surface area (Å²) in [6.45, 7) is 2.82. The second-order valence-corrected chi connectivity index (χ2v) is 14.1. The van der Waals surface area contributed by atoms with Gasteiger partial charge in [-0.1, -0.05) is 84.9 Å². The van der Waals surface area contributed by atoms with E-state index in [9.17, 15) is 39.3 Å². The predicted molar refractivity (Wildman–Crippen MR) is 212 cm³/mol. The maximum atomic E-state index is 13.2. The molecule has 58 heavy (non-hydrogen) atoms.